The van der Waals surface area contributed by atoms with Gasteiger partial charge in [-0.15, -0.1) is 0 Å². The summed E-state index contributed by atoms with van der Waals surface area (Å²) >= 11 is 0. The van der Waals surface area contributed by atoms with E-state index in [0.717, 1.165) is 30.5 Å². The zero-order valence-electron chi connectivity index (χ0n) is 13.1. The average molecular weight is 312 g/mol. The van der Waals surface area contributed by atoms with Gasteiger partial charge in [-0.2, -0.15) is 0 Å². The van der Waals surface area contributed by atoms with Crippen molar-refractivity contribution >= 4 is 10.0 Å². The molecule has 1 aliphatic rings. The van der Waals surface area contributed by atoms with Crippen LogP contribution in [0.4, 0.5) is 0 Å². The molecule has 5 nitrogen and oxygen atoms in total. The van der Waals surface area contributed by atoms with Gasteiger partial charge in [-0.1, -0.05) is 6.07 Å². The van der Waals surface area contributed by atoms with Crippen LogP contribution in [0.1, 0.15) is 30.9 Å². The van der Waals surface area contributed by atoms with E-state index in [0.29, 0.717) is 5.75 Å². The fraction of sp³-hybridized carbons (Fsp3) is 0.600. The van der Waals surface area contributed by atoms with Crippen molar-refractivity contribution in [2.75, 3.05) is 13.7 Å². The standard InChI is InChI=1S/C15H24N2O3S/c1-10-8-11(2)15(20-4)14(9-10)21(18,19)17-13-6-5-7-16-12(13)3/h8-9,12-13,16-17H,5-7H2,1-4H3. The van der Waals surface area contributed by atoms with Gasteiger partial charge in [0.2, 0.25) is 10.0 Å². The third-order valence-corrected chi connectivity index (χ3v) is 5.44. The molecular weight excluding hydrogens is 288 g/mol. The van der Waals surface area contributed by atoms with Crippen LogP contribution in [-0.4, -0.2) is 34.2 Å². The van der Waals surface area contributed by atoms with Crippen LogP contribution in [0, 0.1) is 13.8 Å². The van der Waals surface area contributed by atoms with E-state index in [-0.39, 0.29) is 17.0 Å². The van der Waals surface area contributed by atoms with Gasteiger partial charge >= 0.3 is 0 Å². The van der Waals surface area contributed by atoms with Crippen LogP contribution in [-0.2, 0) is 10.0 Å². The minimum Gasteiger partial charge on any atom is -0.495 e. The second-order valence-corrected chi connectivity index (χ2v) is 7.41. The Labute approximate surface area is 127 Å². The minimum absolute atomic E-state index is 0.0886. The van der Waals surface area contributed by atoms with Gasteiger partial charge in [-0.05, 0) is 57.4 Å². The van der Waals surface area contributed by atoms with Crippen LogP contribution in [0.5, 0.6) is 5.75 Å². The molecule has 0 spiro atoms. The van der Waals surface area contributed by atoms with E-state index >= 15 is 0 Å². The van der Waals surface area contributed by atoms with Crippen molar-refractivity contribution in [2.45, 2.75) is 50.6 Å². The number of methoxy groups -OCH3 is 1. The summed E-state index contributed by atoms with van der Waals surface area (Å²) in [5.41, 5.74) is 1.73. The number of benzene rings is 1. The van der Waals surface area contributed by atoms with Crippen molar-refractivity contribution in [2.24, 2.45) is 0 Å². The predicted octanol–water partition coefficient (Wildman–Crippen LogP) is 1.73. The monoisotopic (exact) mass is 312 g/mol. The highest BCUT2D eigenvalue weighted by molar-refractivity contribution is 7.89. The summed E-state index contributed by atoms with van der Waals surface area (Å²) in [5, 5.41) is 3.30. The molecule has 1 aromatic carbocycles. The summed E-state index contributed by atoms with van der Waals surface area (Å²) in [6.07, 6.45) is 1.82. The number of hydrogen-bond acceptors (Lipinski definition) is 4. The first-order valence-corrected chi connectivity index (χ1v) is 8.74. The lowest BCUT2D eigenvalue weighted by atomic mass is 10.0. The average Bonchev–Trinajstić information content (AvgIpc) is 2.40. The van der Waals surface area contributed by atoms with E-state index in [4.69, 9.17) is 4.74 Å². The van der Waals surface area contributed by atoms with E-state index in [1.54, 1.807) is 6.07 Å². The Kier molecular flexibility index (Phi) is 4.91. The van der Waals surface area contributed by atoms with Crippen LogP contribution in [0.3, 0.4) is 0 Å². The highest BCUT2D eigenvalue weighted by atomic mass is 32.2. The Morgan fingerprint density at radius 3 is 2.67 bits per heavy atom. The van der Waals surface area contributed by atoms with E-state index in [1.165, 1.54) is 7.11 Å². The first-order valence-electron chi connectivity index (χ1n) is 7.26. The number of rotatable bonds is 4. The lowest BCUT2D eigenvalue weighted by Gasteiger charge is -2.30. The number of sulfonamides is 1. The smallest absolute Gasteiger partial charge is 0.244 e. The van der Waals surface area contributed by atoms with Gasteiger partial charge in [0.05, 0.1) is 7.11 Å². The molecule has 118 valence electrons. The molecule has 1 saturated heterocycles. The van der Waals surface area contributed by atoms with Gasteiger partial charge in [-0.3, -0.25) is 0 Å². The molecule has 1 heterocycles. The highest BCUT2D eigenvalue weighted by Crippen LogP contribution is 2.29. The quantitative estimate of drug-likeness (QED) is 0.888. The summed E-state index contributed by atoms with van der Waals surface area (Å²) in [7, 11) is -2.09. The third kappa shape index (κ3) is 3.56. The molecule has 0 radical (unpaired) electrons. The molecule has 0 aliphatic carbocycles. The Morgan fingerprint density at radius 2 is 2.05 bits per heavy atom. The largest absolute Gasteiger partial charge is 0.495 e. The van der Waals surface area contributed by atoms with Crippen molar-refractivity contribution in [1.29, 1.82) is 0 Å². The Morgan fingerprint density at radius 1 is 1.33 bits per heavy atom. The zero-order chi connectivity index (χ0) is 15.6. The van der Waals surface area contributed by atoms with Gasteiger partial charge in [0.25, 0.3) is 0 Å². The summed E-state index contributed by atoms with van der Waals surface area (Å²) in [4.78, 5) is 0.222. The molecule has 1 aliphatic heterocycles. The van der Waals surface area contributed by atoms with Crippen molar-refractivity contribution in [3.05, 3.63) is 23.3 Å². The van der Waals surface area contributed by atoms with Crippen molar-refractivity contribution in [3.63, 3.8) is 0 Å². The van der Waals surface area contributed by atoms with E-state index in [2.05, 4.69) is 10.0 Å². The summed E-state index contributed by atoms with van der Waals surface area (Å²) in [6, 6.07) is 3.62. The minimum atomic E-state index is -3.60. The number of nitrogens with one attached hydrogen (secondary N) is 2. The molecule has 0 bridgehead atoms. The molecule has 2 unspecified atom stereocenters. The number of piperidine rings is 1. The second-order valence-electron chi connectivity index (χ2n) is 5.73. The first kappa shape index (κ1) is 16.3. The normalized spacial score (nSPS) is 23.0. The van der Waals surface area contributed by atoms with Crippen molar-refractivity contribution < 1.29 is 13.2 Å². The first-order chi connectivity index (χ1) is 9.85. The molecular formula is C15H24N2O3S. The fourth-order valence-electron chi connectivity index (χ4n) is 2.84. The van der Waals surface area contributed by atoms with E-state index < -0.39 is 10.0 Å². The van der Waals surface area contributed by atoms with Crippen LogP contribution in [0.15, 0.2) is 17.0 Å². The molecule has 21 heavy (non-hydrogen) atoms. The van der Waals surface area contributed by atoms with Gasteiger partial charge in [0.1, 0.15) is 10.6 Å². The lowest BCUT2D eigenvalue weighted by molar-refractivity contribution is 0.347. The molecule has 2 atom stereocenters. The maximum atomic E-state index is 12.7. The van der Waals surface area contributed by atoms with E-state index in [9.17, 15) is 8.42 Å². The van der Waals surface area contributed by atoms with E-state index in [1.807, 2.05) is 26.8 Å². The summed E-state index contributed by atoms with van der Waals surface area (Å²) < 4.78 is 33.5. The maximum absolute atomic E-state index is 12.7. The van der Waals surface area contributed by atoms with Gasteiger partial charge in [0.15, 0.2) is 0 Å². The molecule has 0 amide bonds. The molecule has 2 rings (SSSR count). The second kappa shape index (κ2) is 6.34. The van der Waals surface area contributed by atoms with Crippen LogP contribution in [0.2, 0.25) is 0 Å². The Balaban J connectivity index is 2.35. The molecule has 1 fully saturated rings. The Bertz CT molecular complexity index is 614. The zero-order valence-corrected chi connectivity index (χ0v) is 13.9. The molecule has 1 aromatic rings. The Hall–Kier alpha value is -1.11. The fourth-order valence-corrected chi connectivity index (χ4v) is 4.52. The van der Waals surface area contributed by atoms with Crippen molar-refractivity contribution in [1.82, 2.24) is 10.0 Å². The van der Waals surface area contributed by atoms with Crippen LogP contribution >= 0.6 is 0 Å². The summed E-state index contributed by atoms with van der Waals surface area (Å²) in [6.45, 7) is 6.68. The number of ether oxygens (including phenoxy) is 1. The van der Waals surface area contributed by atoms with Gasteiger partial charge < -0.3 is 10.1 Å². The van der Waals surface area contributed by atoms with Crippen LogP contribution in [0.25, 0.3) is 0 Å². The maximum Gasteiger partial charge on any atom is 0.244 e. The molecule has 0 aromatic heterocycles. The lowest BCUT2D eigenvalue weighted by Crippen LogP contribution is -2.51. The molecule has 2 N–H and O–H groups in total. The summed E-state index contributed by atoms with van der Waals surface area (Å²) in [5.74, 6) is 0.421. The highest BCUT2D eigenvalue weighted by Gasteiger charge is 2.29. The predicted molar refractivity (Wildman–Crippen MR) is 83.3 cm³/mol. The number of aryl methyl sites for hydroxylation is 2. The van der Waals surface area contributed by atoms with Gasteiger partial charge in [0, 0.05) is 12.1 Å². The molecule has 0 saturated carbocycles. The SMILES string of the molecule is COc1c(C)cc(C)cc1S(=O)(=O)NC1CCCNC1C. The van der Waals surface area contributed by atoms with Crippen LogP contribution < -0.4 is 14.8 Å². The number of hydrogen-bond donors (Lipinski definition) is 2. The van der Waals surface area contributed by atoms with Gasteiger partial charge in [-0.25, -0.2) is 13.1 Å². The van der Waals surface area contributed by atoms with Crippen molar-refractivity contribution in [3.8, 4) is 5.75 Å². The third-order valence-electron chi connectivity index (χ3n) is 3.95. The molecule has 6 heteroatoms. The topological polar surface area (TPSA) is 67.4 Å².